The van der Waals surface area contributed by atoms with Crippen molar-refractivity contribution in [1.29, 1.82) is 0 Å². The van der Waals surface area contributed by atoms with Gasteiger partial charge < -0.3 is 15.0 Å². The van der Waals surface area contributed by atoms with Crippen LogP contribution in [0, 0.1) is 12.7 Å². The second-order valence-electron chi connectivity index (χ2n) is 8.35. The summed E-state index contributed by atoms with van der Waals surface area (Å²) >= 11 is 0. The highest BCUT2D eigenvalue weighted by atomic mass is 19.3. The van der Waals surface area contributed by atoms with Gasteiger partial charge in [0.05, 0.1) is 5.69 Å². The molecule has 2 saturated heterocycles. The topological polar surface area (TPSA) is 101 Å². The van der Waals surface area contributed by atoms with Gasteiger partial charge in [0.15, 0.2) is 5.82 Å². The fourth-order valence-electron chi connectivity index (χ4n) is 4.25. The number of nitrogens with one attached hydrogen (secondary N) is 1. The number of piperazine rings is 2. The molecule has 1 amide bonds. The maximum Gasteiger partial charge on any atom is 0.263 e. The third-order valence-corrected chi connectivity index (χ3v) is 6.21. The molecule has 10 nitrogen and oxygen atoms in total. The SMILES string of the molecule is Cc1nnn(-c2ccc(C(F)F)cc2F)c1COc1ccc(N2CCN3CCNC(=O)[C@@H]3C2)nn1. The average molecular weight is 488 g/mol. The standard InChI is InChI=1S/C22H23F3N8O2/c1-13-18(33(30-27-13)16-3-2-14(21(24)25)10-15(16)23)12-35-20-5-4-19(28-29-20)32-9-8-31-7-6-26-22(34)17(31)11-32/h2-5,10,17,21H,6-9,11-12H2,1H3,(H,26,34)/t17-/m0/s1. The van der Waals surface area contributed by atoms with Crippen molar-refractivity contribution < 1.29 is 22.7 Å². The van der Waals surface area contributed by atoms with Gasteiger partial charge in [0.2, 0.25) is 11.8 Å². The Hall–Kier alpha value is -3.74. The number of hydrogen-bond donors (Lipinski definition) is 1. The molecular weight excluding hydrogens is 465 g/mol. The van der Waals surface area contributed by atoms with Crippen LogP contribution in [0.15, 0.2) is 30.3 Å². The quantitative estimate of drug-likeness (QED) is 0.559. The summed E-state index contributed by atoms with van der Waals surface area (Å²) in [6.07, 6.45) is -2.77. The highest BCUT2D eigenvalue weighted by Gasteiger charge is 2.35. The Labute approximate surface area is 198 Å². The molecule has 13 heteroatoms. The Bertz CT molecular complexity index is 1220. The Kier molecular flexibility index (Phi) is 6.24. The van der Waals surface area contributed by atoms with Crippen LogP contribution in [0.5, 0.6) is 5.88 Å². The minimum atomic E-state index is -2.77. The van der Waals surface area contributed by atoms with E-state index < -0.39 is 17.8 Å². The van der Waals surface area contributed by atoms with Gasteiger partial charge in [0.25, 0.3) is 6.43 Å². The number of benzene rings is 1. The maximum atomic E-state index is 14.5. The lowest BCUT2D eigenvalue weighted by atomic mass is 10.1. The number of nitrogens with zero attached hydrogens (tertiary/aromatic N) is 7. The predicted octanol–water partition coefficient (Wildman–Crippen LogP) is 1.64. The number of alkyl halides is 2. The molecule has 4 heterocycles. The second-order valence-corrected chi connectivity index (χ2v) is 8.35. The summed E-state index contributed by atoms with van der Waals surface area (Å²) in [7, 11) is 0. The van der Waals surface area contributed by atoms with E-state index in [0.717, 1.165) is 31.8 Å². The smallest absolute Gasteiger partial charge is 0.263 e. The largest absolute Gasteiger partial charge is 0.470 e. The van der Waals surface area contributed by atoms with Gasteiger partial charge in [-0.1, -0.05) is 11.3 Å². The monoisotopic (exact) mass is 488 g/mol. The summed E-state index contributed by atoms with van der Waals surface area (Å²) in [5.41, 5.74) is 0.511. The summed E-state index contributed by atoms with van der Waals surface area (Å²) in [4.78, 5) is 16.4. The fourth-order valence-corrected chi connectivity index (χ4v) is 4.25. The molecule has 3 aromatic rings. The first-order chi connectivity index (χ1) is 16.9. The third-order valence-electron chi connectivity index (χ3n) is 6.21. The summed E-state index contributed by atoms with van der Waals surface area (Å²) in [5.74, 6) is 0.0579. The second kappa shape index (κ2) is 9.49. The number of amides is 1. The number of anilines is 1. The van der Waals surface area contributed by atoms with Crippen LogP contribution in [0.1, 0.15) is 23.4 Å². The van der Waals surface area contributed by atoms with Crippen molar-refractivity contribution in [3.63, 3.8) is 0 Å². The molecule has 1 N–H and O–H groups in total. The van der Waals surface area contributed by atoms with Crippen LogP contribution in [0.4, 0.5) is 19.0 Å². The van der Waals surface area contributed by atoms with Crippen LogP contribution in [0.2, 0.25) is 0 Å². The molecule has 5 rings (SSSR count). The summed E-state index contributed by atoms with van der Waals surface area (Å²) in [6.45, 7) is 5.19. The Morgan fingerprint density at radius 2 is 2.00 bits per heavy atom. The van der Waals surface area contributed by atoms with Crippen LogP contribution in [-0.4, -0.2) is 74.8 Å². The zero-order valence-electron chi connectivity index (χ0n) is 18.9. The van der Waals surface area contributed by atoms with E-state index in [4.69, 9.17) is 4.74 Å². The van der Waals surface area contributed by atoms with E-state index in [2.05, 4.69) is 30.7 Å². The van der Waals surface area contributed by atoms with Gasteiger partial charge >= 0.3 is 0 Å². The molecule has 0 spiro atoms. The molecule has 2 aliphatic rings. The number of fused-ring (bicyclic) bond motifs is 1. The first-order valence-corrected chi connectivity index (χ1v) is 11.1. The maximum absolute atomic E-state index is 14.5. The fraction of sp³-hybridized carbons (Fsp3) is 0.409. The third kappa shape index (κ3) is 4.63. The van der Waals surface area contributed by atoms with E-state index in [1.807, 2.05) is 4.90 Å². The molecule has 2 aliphatic heterocycles. The van der Waals surface area contributed by atoms with Crippen molar-refractivity contribution in [3.05, 3.63) is 53.1 Å². The van der Waals surface area contributed by atoms with Crippen molar-refractivity contribution in [2.24, 2.45) is 0 Å². The van der Waals surface area contributed by atoms with E-state index in [1.165, 1.54) is 10.7 Å². The molecule has 2 aromatic heterocycles. The van der Waals surface area contributed by atoms with Gasteiger partial charge in [-0.15, -0.1) is 15.3 Å². The number of aromatic nitrogens is 5. The number of rotatable bonds is 6. The highest BCUT2D eigenvalue weighted by molar-refractivity contribution is 5.83. The van der Waals surface area contributed by atoms with Crippen LogP contribution in [-0.2, 0) is 11.4 Å². The summed E-state index contributed by atoms with van der Waals surface area (Å²) in [6, 6.07) is 6.38. The van der Waals surface area contributed by atoms with E-state index in [0.29, 0.717) is 30.3 Å². The first-order valence-electron chi connectivity index (χ1n) is 11.1. The zero-order chi connectivity index (χ0) is 24.5. The van der Waals surface area contributed by atoms with Gasteiger partial charge in [-0.05, 0) is 25.1 Å². The Balaban J connectivity index is 1.27. The van der Waals surface area contributed by atoms with Gasteiger partial charge in [0, 0.05) is 44.4 Å². The number of hydrogen-bond acceptors (Lipinski definition) is 8. The van der Waals surface area contributed by atoms with Crippen LogP contribution >= 0.6 is 0 Å². The predicted molar refractivity (Wildman–Crippen MR) is 118 cm³/mol. The molecule has 0 aliphatic carbocycles. The lowest BCUT2D eigenvalue weighted by Crippen LogP contribution is -2.64. The molecule has 184 valence electrons. The normalized spacial score (nSPS) is 18.5. The highest BCUT2D eigenvalue weighted by Crippen LogP contribution is 2.25. The minimum Gasteiger partial charge on any atom is -0.470 e. The van der Waals surface area contributed by atoms with Crippen LogP contribution in [0.25, 0.3) is 5.69 Å². The molecule has 2 fully saturated rings. The average Bonchev–Trinajstić information content (AvgIpc) is 3.23. The van der Waals surface area contributed by atoms with Crippen molar-refractivity contribution in [2.45, 2.75) is 26.0 Å². The number of carbonyl (C=O) groups excluding carboxylic acids is 1. The number of carbonyl (C=O) groups is 1. The molecule has 0 radical (unpaired) electrons. The van der Waals surface area contributed by atoms with Gasteiger partial charge in [-0.2, -0.15) is 0 Å². The lowest BCUT2D eigenvalue weighted by molar-refractivity contribution is -0.129. The molecule has 1 aromatic carbocycles. The summed E-state index contributed by atoms with van der Waals surface area (Å²) < 4.78 is 47.1. The van der Waals surface area contributed by atoms with E-state index in [1.54, 1.807) is 19.1 Å². The van der Waals surface area contributed by atoms with Crippen molar-refractivity contribution >= 4 is 11.7 Å². The number of ether oxygens (including phenoxy) is 1. The minimum absolute atomic E-state index is 0.0130. The molecule has 0 unspecified atom stereocenters. The van der Waals surface area contributed by atoms with Crippen molar-refractivity contribution in [1.82, 2.24) is 35.4 Å². The summed E-state index contributed by atoms with van der Waals surface area (Å²) in [5, 5.41) is 19.1. The van der Waals surface area contributed by atoms with E-state index >= 15 is 0 Å². The van der Waals surface area contributed by atoms with Gasteiger partial charge in [0.1, 0.15) is 29.8 Å². The van der Waals surface area contributed by atoms with Gasteiger partial charge in [-0.25, -0.2) is 17.9 Å². The van der Waals surface area contributed by atoms with E-state index in [9.17, 15) is 18.0 Å². The van der Waals surface area contributed by atoms with Crippen LogP contribution in [0.3, 0.4) is 0 Å². The molecule has 0 saturated carbocycles. The molecular formula is C22H23F3N8O2. The zero-order valence-corrected chi connectivity index (χ0v) is 18.9. The molecule has 1 atom stereocenters. The van der Waals surface area contributed by atoms with Crippen molar-refractivity contribution in [3.8, 4) is 11.6 Å². The molecule has 0 bridgehead atoms. The Morgan fingerprint density at radius 3 is 2.74 bits per heavy atom. The van der Waals surface area contributed by atoms with Crippen LogP contribution < -0.4 is 15.0 Å². The van der Waals surface area contributed by atoms with Gasteiger partial charge in [-0.3, -0.25) is 9.69 Å². The first kappa shape index (κ1) is 23.0. The number of halogens is 3. The number of aryl methyl sites for hydroxylation is 1. The van der Waals surface area contributed by atoms with Crippen molar-refractivity contribution in [2.75, 3.05) is 37.6 Å². The molecule has 35 heavy (non-hydrogen) atoms. The lowest BCUT2D eigenvalue weighted by Gasteiger charge is -2.43. The van der Waals surface area contributed by atoms with E-state index in [-0.39, 0.29) is 30.1 Å². The Morgan fingerprint density at radius 1 is 1.14 bits per heavy atom.